The van der Waals surface area contributed by atoms with Gasteiger partial charge in [0.2, 0.25) is 0 Å². The van der Waals surface area contributed by atoms with Crippen LogP contribution in [0.15, 0.2) is 47.4 Å². The van der Waals surface area contributed by atoms with E-state index in [0.29, 0.717) is 21.4 Å². The fourth-order valence-corrected chi connectivity index (χ4v) is 4.24. The van der Waals surface area contributed by atoms with Crippen molar-refractivity contribution in [3.63, 3.8) is 0 Å². The highest BCUT2D eigenvalue weighted by molar-refractivity contribution is 8.00. The van der Waals surface area contributed by atoms with E-state index < -0.39 is 0 Å². The Hall–Kier alpha value is -2.88. The van der Waals surface area contributed by atoms with Crippen LogP contribution in [-0.4, -0.2) is 52.3 Å². The van der Waals surface area contributed by atoms with Crippen LogP contribution >= 0.6 is 23.5 Å². The van der Waals surface area contributed by atoms with Crippen molar-refractivity contribution in [3.05, 3.63) is 59.0 Å². The summed E-state index contributed by atoms with van der Waals surface area (Å²) >= 11 is 7.13. The Morgan fingerprint density at radius 3 is 2.67 bits per heavy atom. The number of benzene rings is 2. The zero-order valence-electron chi connectivity index (χ0n) is 18.6. The number of hydrogen-bond donors (Lipinski definition) is 3. The zero-order valence-corrected chi connectivity index (χ0v) is 20.2. The molecule has 0 saturated carbocycles. The van der Waals surface area contributed by atoms with Crippen LogP contribution in [0.4, 0.5) is 15.9 Å². The molecule has 0 aliphatic heterocycles. The highest BCUT2D eigenvalue weighted by atomic mass is 35.5. The number of H-pyrrole nitrogens is 1. The van der Waals surface area contributed by atoms with Gasteiger partial charge < -0.3 is 14.9 Å². The van der Waals surface area contributed by atoms with Gasteiger partial charge >= 0.3 is 0 Å². The second-order valence-electron chi connectivity index (χ2n) is 7.88. The van der Waals surface area contributed by atoms with Crippen molar-refractivity contribution in [1.29, 1.82) is 0 Å². The van der Waals surface area contributed by atoms with Gasteiger partial charge in [0.15, 0.2) is 11.5 Å². The number of aromatic nitrogens is 4. The summed E-state index contributed by atoms with van der Waals surface area (Å²) in [5, 5.41) is 12.2. The molecule has 2 aromatic heterocycles. The molecule has 0 aliphatic rings. The number of hydrogen-bond acceptors (Lipinski definition) is 7. The number of aryl methyl sites for hydroxylation is 1. The fraction of sp³-hybridized carbons (Fsp3) is 0.261. The van der Waals surface area contributed by atoms with Gasteiger partial charge in [-0.3, -0.25) is 5.10 Å². The SMILES string of the molecule is Cc1[nH]nc2nc(-c3ccc(NSc4cc(Cl)ccc4F)cc3)nc(NCCCN(C)C)c12. The summed E-state index contributed by atoms with van der Waals surface area (Å²) in [6.07, 6.45) is 0.996. The van der Waals surface area contributed by atoms with E-state index in [1.165, 1.54) is 24.1 Å². The third kappa shape index (κ3) is 5.73. The highest BCUT2D eigenvalue weighted by Crippen LogP contribution is 2.29. The molecule has 0 radical (unpaired) electrons. The second kappa shape index (κ2) is 10.4. The average Bonchev–Trinajstić information content (AvgIpc) is 3.18. The molecule has 0 fully saturated rings. The summed E-state index contributed by atoms with van der Waals surface area (Å²) in [7, 11) is 4.12. The quantitative estimate of drug-likeness (QED) is 0.210. The number of nitrogens with zero attached hydrogens (tertiary/aromatic N) is 4. The smallest absolute Gasteiger partial charge is 0.186 e. The molecule has 0 aliphatic carbocycles. The minimum absolute atomic E-state index is 0.324. The van der Waals surface area contributed by atoms with E-state index in [1.807, 2.05) is 31.2 Å². The maximum Gasteiger partial charge on any atom is 0.186 e. The highest BCUT2D eigenvalue weighted by Gasteiger charge is 2.14. The lowest BCUT2D eigenvalue weighted by Gasteiger charge is -2.12. The van der Waals surface area contributed by atoms with Crippen LogP contribution in [0.1, 0.15) is 12.1 Å². The Kier molecular flexibility index (Phi) is 7.32. The standard InChI is InChI=1S/C23H25ClFN7S/c1-14-20-22(26-11-4-12-32(2)3)27-21(28-23(20)30-29-14)15-5-8-17(9-6-15)31-33-19-13-16(24)7-10-18(19)25/h5-10,13,31H,4,11-12H2,1-3H3,(H2,26,27,28,29,30). The molecule has 4 rings (SSSR count). The van der Waals surface area contributed by atoms with E-state index in [0.717, 1.165) is 47.7 Å². The van der Waals surface area contributed by atoms with E-state index in [4.69, 9.17) is 16.6 Å². The van der Waals surface area contributed by atoms with Gasteiger partial charge in [-0.15, -0.1) is 0 Å². The maximum atomic E-state index is 13.9. The van der Waals surface area contributed by atoms with Crippen molar-refractivity contribution in [2.45, 2.75) is 18.2 Å². The molecule has 3 N–H and O–H groups in total. The molecule has 10 heteroatoms. The van der Waals surface area contributed by atoms with Crippen LogP contribution in [0.2, 0.25) is 5.02 Å². The van der Waals surface area contributed by atoms with Gasteiger partial charge in [-0.1, -0.05) is 11.6 Å². The van der Waals surface area contributed by atoms with E-state index in [-0.39, 0.29) is 5.82 Å². The number of anilines is 2. The molecule has 0 amide bonds. The molecular weight excluding hydrogens is 461 g/mol. The van der Waals surface area contributed by atoms with Gasteiger partial charge in [0.05, 0.1) is 10.3 Å². The zero-order chi connectivity index (χ0) is 23.4. The van der Waals surface area contributed by atoms with Crippen LogP contribution in [0.25, 0.3) is 22.4 Å². The molecule has 172 valence electrons. The first kappa shape index (κ1) is 23.3. The molecule has 0 atom stereocenters. The Balaban J connectivity index is 1.51. The topological polar surface area (TPSA) is 81.8 Å². The Morgan fingerprint density at radius 1 is 1.12 bits per heavy atom. The molecule has 0 spiro atoms. The largest absolute Gasteiger partial charge is 0.369 e. The molecule has 7 nitrogen and oxygen atoms in total. The summed E-state index contributed by atoms with van der Waals surface area (Å²) in [6.45, 7) is 3.75. The van der Waals surface area contributed by atoms with Crippen LogP contribution < -0.4 is 10.0 Å². The number of aromatic amines is 1. The lowest BCUT2D eigenvalue weighted by atomic mass is 10.2. The van der Waals surface area contributed by atoms with Gasteiger partial charge in [-0.2, -0.15) is 5.10 Å². The summed E-state index contributed by atoms with van der Waals surface area (Å²) in [6, 6.07) is 12.1. The first-order chi connectivity index (χ1) is 15.9. The molecule has 4 aromatic rings. The van der Waals surface area contributed by atoms with Gasteiger partial charge in [0.25, 0.3) is 0 Å². The number of fused-ring (bicyclic) bond motifs is 1. The Labute approximate surface area is 201 Å². The van der Waals surface area contributed by atoms with Gasteiger partial charge in [0.1, 0.15) is 11.6 Å². The molecule has 0 unspecified atom stereocenters. The third-order valence-corrected chi connectivity index (χ3v) is 6.09. The van der Waals surface area contributed by atoms with Crippen molar-refractivity contribution in [1.82, 2.24) is 25.1 Å². The fourth-order valence-electron chi connectivity index (χ4n) is 3.28. The lowest BCUT2D eigenvalue weighted by molar-refractivity contribution is 0.405. The predicted molar refractivity (Wildman–Crippen MR) is 134 cm³/mol. The van der Waals surface area contributed by atoms with Crippen LogP contribution in [-0.2, 0) is 0 Å². The normalized spacial score (nSPS) is 11.3. The lowest BCUT2D eigenvalue weighted by Crippen LogP contribution is -2.17. The van der Waals surface area contributed by atoms with Crippen molar-refractivity contribution in [3.8, 4) is 11.4 Å². The van der Waals surface area contributed by atoms with Gasteiger partial charge in [0, 0.05) is 28.5 Å². The van der Waals surface area contributed by atoms with Crippen molar-refractivity contribution in [2.24, 2.45) is 0 Å². The number of nitrogens with one attached hydrogen (secondary N) is 3. The summed E-state index contributed by atoms with van der Waals surface area (Å²) < 4.78 is 17.1. The van der Waals surface area contributed by atoms with Gasteiger partial charge in [-0.25, -0.2) is 14.4 Å². The van der Waals surface area contributed by atoms with Crippen LogP contribution in [0, 0.1) is 12.7 Å². The van der Waals surface area contributed by atoms with Crippen molar-refractivity contribution >= 4 is 46.1 Å². The summed E-state index contributed by atoms with van der Waals surface area (Å²) in [5.41, 5.74) is 3.23. The van der Waals surface area contributed by atoms with Crippen LogP contribution in [0.3, 0.4) is 0 Å². The predicted octanol–water partition coefficient (Wildman–Crippen LogP) is 5.60. The van der Waals surface area contributed by atoms with Crippen molar-refractivity contribution in [2.75, 3.05) is 37.2 Å². The van der Waals surface area contributed by atoms with E-state index >= 15 is 0 Å². The number of rotatable bonds is 9. The molecular formula is C23H25ClFN7S. The molecule has 2 heterocycles. The summed E-state index contributed by atoms with van der Waals surface area (Å²) in [4.78, 5) is 12.0. The Bertz CT molecular complexity index is 1240. The van der Waals surface area contributed by atoms with E-state index in [1.54, 1.807) is 6.07 Å². The molecule has 0 bridgehead atoms. The third-order valence-electron chi connectivity index (χ3n) is 4.98. The second-order valence-corrected chi connectivity index (χ2v) is 9.17. The number of halogens is 2. The minimum atomic E-state index is -0.324. The molecule has 0 saturated heterocycles. The first-order valence-electron chi connectivity index (χ1n) is 10.5. The summed E-state index contributed by atoms with van der Waals surface area (Å²) in [5.74, 6) is 1.04. The maximum absolute atomic E-state index is 13.9. The molecule has 33 heavy (non-hydrogen) atoms. The Morgan fingerprint density at radius 2 is 1.91 bits per heavy atom. The molecule has 2 aromatic carbocycles. The monoisotopic (exact) mass is 485 g/mol. The first-order valence-corrected chi connectivity index (χ1v) is 11.7. The van der Waals surface area contributed by atoms with Crippen molar-refractivity contribution < 1.29 is 4.39 Å². The van der Waals surface area contributed by atoms with E-state index in [2.05, 4.69) is 44.2 Å². The van der Waals surface area contributed by atoms with Gasteiger partial charge in [-0.05, 0) is 88.4 Å². The van der Waals surface area contributed by atoms with E-state index in [9.17, 15) is 4.39 Å². The minimum Gasteiger partial charge on any atom is -0.369 e. The average molecular weight is 486 g/mol. The van der Waals surface area contributed by atoms with Crippen LogP contribution in [0.5, 0.6) is 0 Å².